The van der Waals surface area contributed by atoms with Crippen LogP contribution in [0.15, 0.2) is 48.5 Å². The van der Waals surface area contributed by atoms with E-state index in [1.807, 2.05) is 36.4 Å². The van der Waals surface area contributed by atoms with E-state index in [0.29, 0.717) is 24.7 Å². The molecule has 0 saturated carbocycles. The number of rotatable bonds is 3. The minimum atomic E-state index is 0.663. The topological polar surface area (TPSA) is 55.6 Å². The first-order valence-electron chi connectivity index (χ1n) is 8.99. The van der Waals surface area contributed by atoms with Crippen LogP contribution in [-0.2, 0) is 11.2 Å². The van der Waals surface area contributed by atoms with Crippen molar-refractivity contribution in [3.63, 3.8) is 0 Å². The average molecular weight is 380 g/mol. The van der Waals surface area contributed by atoms with Crippen LogP contribution in [0.3, 0.4) is 0 Å². The second-order valence-electron chi connectivity index (χ2n) is 6.61. The zero-order valence-corrected chi connectivity index (χ0v) is 15.4. The quantitative estimate of drug-likeness (QED) is 0.546. The molecule has 27 heavy (non-hydrogen) atoms. The summed E-state index contributed by atoms with van der Waals surface area (Å²) in [6.45, 7) is 2.95. The van der Waals surface area contributed by atoms with E-state index in [1.54, 1.807) is 0 Å². The van der Waals surface area contributed by atoms with Crippen LogP contribution in [0, 0.1) is 0 Å². The summed E-state index contributed by atoms with van der Waals surface area (Å²) in [5, 5.41) is 10.6. The van der Waals surface area contributed by atoms with Gasteiger partial charge in [0.05, 0.1) is 18.7 Å². The zero-order chi connectivity index (χ0) is 18.2. The Kier molecular flexibility index (Phi) is 4.14. The van der Waals surface area contributed by atoms with Gasteiger partial charge in [0.15, 0.2) is 5.65 Å². The van der Waals surface area contributed by atoms with Gasteiger partial charge in [0.25, 0.3) is 0 Å². The van der Waals surface area contributed by atoms with Gasteiger partial charge >= 0.3 is 0 Å². The number of fused-ring (bicyclic) bond motifs is 3. The van der Waals surface area contributed by atoms with Crippen LogP contribution in [-0.4, -0.2) is 45.9 Å². The number of halogens is 1. The lowest BCUT2D eigenvalue weighted by atomic mass is 10.1. The molecule has 2 aromatic heterocycles. The van der Waals surface area contributed by atoms with Gasteiger partial charge in [-0.15, -0.1) is 10.2 Å². The maximum absolute atomic E-state index is 6.20. The molecule has 6 nitrogen and oxygen atoms in total. The first-order valence-corrected chi connectivity index (χ1v) is 9.37. The molecule has 1 aliphatic rings. The van der Waals surface area contributed by atoms with Crippen molar-refractivity contribution in [3.05, 3.63) is 64.9 Å². The zero-order valence-electron chi connectivity index (χ0n) is 14.7. The number of morpholine rings is 1. The van der Waals surface area contributed by atoms with Gasteiger partial charge in [-0.05, 0) is 23.8 Å². The molecule has 0 radical (unpaired) electrons. The molecule has 0 N–H and O–H groups in total. The molecule has 1 aliphatic heterocycles. The van der Waals surface area contributed by atoms with E-state index in [1.165, 1.54) is 5.56 Å². The van der Waals surface area contributed by atoms with E-state index in [4.69, 9.17) is 21.3 Å². The average Bonchev–Trinajstić information content (AvgIpc) is 3.12. The van der Waals surface area contributed by atoms with Crippen molar-refractivity contribution in [2.24, 2.45) is 0 Å². The van der Waals surface area contributed by atoms with Crippen molar-refractivity contribution in [3.8, 4) is 0 Å². The number of ether oxygens (including phenoxy) is 1. The van der Waals surface area contributed by atoms with Crippen LogP contribution in [0.1, 0.15) is 11.4 Å². The van der Waals surface area contributed by atoms with Crippen LogP contribution in [0.4, 0.5) is 5.95 Å². The number of anilines is 1. The maximum Gasteiger partial charge on any atom is 0.213 e. The Labute approximate surface area is 161 Å². The van der Waals surface area contributed by atoms with Gasteiger partial charge < -0.3 is 9.64 Å². The van der Waals surface area contributed by atoms with Crippen molar-refractivity contribution in [2.75, 3.05) is 31.2 Å². The fourth-order valence-corrected chi connectivity index (χ4v) is 3.68. The number of hydrogen-bond donors (Lipinski definition) is 0. The molecule has 0 bridgehead atoms. The summed E-state index contributed by atoms with van der Waals surface area (Å²) in [7, 11) is 0. The second kappa shape index (κ2) is 6.79. The molecule has 0 atom stereocenters. The monoisotopic (exact) mass is 379 g/mol. The normalized spacial score (nSPS) is 14.9. The highest BCUT2D eigenvalue weighted by atomic mass is 35.5. The Bertz CT molecular complexity index is 1110. The number of aromatic nitrogens is 4. The lowest BCUT2D eigenvalue weighted by molar-refractivity contribution is 0.122. The number of benzene rings is 2. The molecule has 0 aliphatic carbocycles. The third-order valence-corrected chi connectivity index (χ3v) is 5.09. The molecule has 0 unspecified atom stereocenters. The first kappa shape index (κ1) is 16.5. The highest BCUT2D eigenvalue weighted by Crippen LogP contribution is 2.27. The van der Waals surface area contributed by atoms with Gasteiger partial charge in [-0.3, -0.25) is 0 Å². The van der Waals surface area contributed by atoms with Crippen molar-refractivity contribution in [2.45, 2.75) is 6.42 Å². The van der Waals surface area contributed by atoms with Crippen LogP contribution in [0.5, 0.6) is 0 Å². The lowest BCUT2D eigenvalue weighted by Gasteiger charge is -2.28. The Morgan fingerprint density at radius 1 is 1.00 bits per heavy atom. The van der Waals surface area contributed by atoms with Crippen LogP contribution in [0.25, 0.3) is 16.6 Å². The molecule has 1 saturated heterocycles. The summed E-state index contributed by atoms with van der Waals surface area (Å²) in [6, 6.07) is 16.0. The van der Waals surface area contributed by atoms with Crippen molar-refractivity contribution < 1.29 is 4.74 Å². The summed E-state index contributed by atoms with van der Waals surface area (Å²) in [4.78, 5) is 7.16. The predicted octanol–water partition coefficient (Wildman–Crippen LogP) is 3.36. The molecule has 2 aromatic carbocycles. The molecular formula is C20H18ClN5O. The van der Waals surface area contributed by atoms with Gasteiger partial charge in [-0.1, -0.05) is 41.9 Å². The molecule has 1 fully saturated rings. The number of nitrogens with zero attached hydrogens (tertiary/aromatic N) is 5. The summed E-state index contributed by atoms with van der Waals surface area (Å²) in [6.07, 6.45) is 0.695. The second-order valence-corrected chi connectivity index (χ2v) is 7.05. The molecule has 5 rings (SSSR count). The molecule has 136 valence electrons. The van der Waals surface area contributed by atoms with E-state index in [0.717, 1.165) is 41.4 Å². The molecule has 7 heteroatoms. The SMILES string of the molecule is Clc1ccc2c(c1)nc(N1CCOCC1)n1c(Cc3ccccc3)nnc21. The molecule has 3 heterocycles. The Morgan fingerprint density at radius 2 is 1.81 bits per heavy atom. The summed E-state index contributed by atoms with van der Waals surface area (Å²) in [5.41, 5.74) is 2.83. The summed E-state index contributed by atoms with van der Waals surface area (Å²) < 4.78 is 7.59. The molecule has 0 amide bonds. The molecule has 0 spiro atoms. The highest BCUT2D eigenvalue weighted by molar-refractivity contribution is 6.31. The molecular weight excluding hydrogens is 362 g/mol. The van der Waals surface area contributed by atoms with Crippen molar-refractivity contribution in [1.29, 1.82) is 0 Å². The Morgan fingerprint density at radius 3 is 2.63 bits per heavy atom. The Hall–Kier alpha value is -2.70. The fourth-order valence-electron chi connectivity index (χ4n) is 3.51. The van der Waals surface area contributed by atoms with E-state index in [-0.39, 0.29) is 0 Å². The van der Waals surface area contributed by atoms with Gasteiger partial charge in [0, 0.05) is 29.9 Å². The van der Waals surface area contributed by atoms with E-state index in [9.17, 15) is 0 Å². The standard InChI is InChI=1S/C20H18ClN5O/c21-15-6-7-16-17(13-15)22-20(25-8-10-27-11-9-25)26-18(23-24-19(16)26)12-14-4-2-1-3-5-14/h1-7,13H,8-12H2. The number of hydrogen-bond acceptors (Lipinski definition) is 5. The highest BCUT2D eigenvalue weighted by Gasteiger charge is 2.21. The van der Waals surface area contributed by atoms with Crippen LogP contribution >= 0.6 is 11.6 Å². The van der Waals surface area contributed by atoms with Crippen LogP contribution in [0.2, 0.25) is 5.02 Å². The summed E-state index contributed by atoms with van der Waals surface area (Å²) >= 11 is 6.20. The first-order chi connectivity index (χ1) is 13.3. The van der Waals surface area contributed by atoms with Gasteiger partial charge in [-0.2, -0.15) is 0 Å². The maximum atomic E-state index is 6.20. The lowest BCUT2D eigenvalue weighted by Crippen LogP contribution is -2.38. The predicted molar refractivity (Wildman–Crippen MR) is 106 cm³/mol. The Balaban J connectivity index is 1.73. The van der Waals surface area contributed by atoms with Gasteiger partial charge in [0.1, 0.15) is 5.82 Å². The van der Waals surface area contributed by atoms with Crippen molar-refractivity contribution in [1.82, 2.24) is 19.6 Å². The third-order valence-electron chi connectivity index (χ3n) is 4.85. The van der Waals surface area contributed by atoms with E-state index in [2.05, 4.69) is 31.6 Å². The van der Waals surface area contributed by atoms with Gasteiger partial charge in [-0.25, -0.2) is 9.38 Å². The van der Waals surface area contributed by atoms with Crippen LogP contribution < -0.4 is 4.90 Å². The van der Waals surface area contributed by atoms with E-state index < -0.39 is 0 Å². The fraction of sp³-hybridized carbons (Fsp3) is 0.250. The minimum Gasteiger partial charge on any atom is -0.378 e. The summed E-state index contributed by atoms with van der Waals surface area (Å²) in [5.74, 6) is 1.72. The van der Waals surface area contributed by atoms with Crippen molar-refractivity contribution >= 4 is 34.1 Å². The largest absolute Gasteiger partial charge is 0.378 e. The van der Waals surface area contributed by atoms with Gasteiger partial charge in [0.2, 0.25) is 5.95 Å². The third kappa shape index (κ3) is 3.01. The smallest absolute Gasteiger partial charge is 0.213 e. The molecule has 4 aromatic rings. The minimum absolute atomic E-state index is 0.663. The van der Waals surface area contributed by atoms with E-state index >= 15 is 0 Å².